The van der Waals surface area contributed by atoms with E-state index in [4.69, 9.17) is 16.3 Å². The van der Waals surface area contributed by atoms with Crippen molar-refractivity contribution in [2.45, 2.75) is 32.8 Å². The summed E-state index contributed by atoms with van der Waals surface area (Å²) in [6, 6.07) is 7.06. The normalized spacial score (nSPS) is 16.7. The molecule has 1 saturated heterocycles. The molecule has 1 atom stereocenters. The number of benzene rings is 1. The first-order chi connectivity index (χ1) is 12.5. The number of aromatic amines is 1. The van der Waals surface area contributed by atoms with Crippen LogP contribution < -0.4 is 5.56 Å². The van der Waals surface area contributed by atoms with Gasteiger partial charge in [-0.15, -0.1) is 0 Å². The molecular formula is C19H22ClN3O3. The summed E-state index contributed by atoms with van der Waals surface area (Å²) in [4.78, 5) is 33.5. The van der Waals surface area contributed by atoms with E-state index in [1.54, 1.807) is 36.1 Å². The summed E-state index contributed by atoms with van der Waals surface area (Å²) >= 11 is 6.12. The van der Waals surface area contributed by atoms with Crippen molar-refractivity contribution in [2.75, 3.05) is 19.7 Å². The molecule has 1 unspecified atom stereocenters. The van der Waals surface area contributed by atoms with Crippen LogP contribution in [0.2, 0.25) is 5.02 Å². The third kappa shape index (κ3) is 3.97. The number of nitrogens with zero attached hydrogens (tertiary/aromatic N) is 2. The van der Waals surface area contributed by atoms with Gasteiger partial charge in [0.15, 0.2) is 0 Å². The lowest BCUT2D eigenvalue weighted by molar-refractivity contribution is 0.0539. The van der Waals surface area contributed by atoms with Crippen molar-refractivity contribution < 1.29 is 9.53 Å². The molecule has 3 rings (SSSR count). The molecule has 0 spiro atoms. The number of amides is 1. The number of hydrogen-bond acceptors (Lipinski definition) is 4. The number of aromatic nitrogens is 2. The number of H-pyrrole nitrogens is 1. The van der Waals surface area contributed by atoms with E-state index in [0.29, 0.717) is 35.7 Å². The fourth-order valence-corrected chi connectivity index (χ4v) is 3.33. The Morgan fingerprint density at radius 3 is 2.96 bits per heavy atom. The van der Waals surface area contributed by atoms with E-state index in [2.05, 4.69) is 9.97 Å². The second kappa shape index (κ2) is 8.01. The van der Waals surface area contributed by atoms with Crippen LogP contribution in [0.4, 0.5) is 0 Å². The molecule has 0 bridgehead atoms. The zero-order valence-electron chi connectivity index (χ0n) is 14.9. The molecule has 1 aromatic carbocycles. The van der Waals surface area contributed by atoms with E-state index >= 15 is 0 Å². The Kier molecular flexibility index (Phi) is 5.74. The number of carbonyl (C=O) groups is 1. The van der Waals surface area contributed by atoms with Gasteiger partial charge in [-0.05, 0) is 38.8 Å². The predicted molar refractivity (Wildman–Crippen MR) is 101 cm³/mol. The van der Waals surface area contributed by atoms with Gasteiger partial charge in [0, 0.05) is 30.8 Å². The van der Waals surface area contributed by atoms with Crippen molar-refractivity contribution in [2.24, 2.45) is 0 Å². The first kappa shape index (κ1) is 18.6. The van der Waals surface area contributed by atoms with Gasteiger partial charge in [0.1, 0.15) is 10.8 Å². The average Bonchev–Trinajstić information content (AvgIpc) is 3.15. The number of hydrogen-bond donors (Lipinski definition) is 1. The first-order valence-corrected chi connectivity index (χ1v) is 9.15. The predicted octanol–water partition coefficient (Wildman–Crippen LogP) is 3.04. The summed E-state index contributed by atoms with van der Waals surface area (Å²) in [5, 5.41) is 0.0203. The molecule has 26 heavy (non-hydrogen) atoms. The number of rotatable bonds is 5. The van der Waals surface area contributed by atoms with Crippen molar-refractivity contribution in [1.82, 2.24) is 14.9 Å². The van der Waals surface area contributed by atoms with E-state index in [1.165, 1.54) is 0 Å². The molecule has 0 saturated carbocycles. The average molecular weight is 376 g/mol. The highest BCUT2D eigenvalue weighted by atomic mass is 35.5. The highest BCUT2D eigenvalue weighted by Gasteiger charge is 2.23. The maximum atomic E-state index is 12.9. The van der Waals surface area contributed by atoms with Crippen LogP contribution in [-0.4, -0.2) is 46.6 Å². The van der Waals surface area contributed by atoms with Crippen LogP contribution in [0.1, 0.15) is 35.9 Å². The molecule has 0 radical (unpaired) electrons. The van der Waals surface area contributed by atoms with Crippen LogP contribution in [0.15, 0.2) is 29.1 Å². The second-order valence-electron chi connectivity index (χ2n) is 6.37. The Morgan fingerprint density at radius 2 is 2.27 bits per heavy atom. The summed E-state index contributed by atoms with van der Waals surface area (Å²) < 4.78 is 5.65. The molecule has 2 aromatic rings. The van der Waals surface area contributed by atoms with Crippen molar-refractivity contribution in [1.29, 1.82) is 0 Å². The van der Waals surface area contributed by atoms with Crippen LogP contribution in [0.5, 0.6) is 0 Å². The van der Waals surface area contributed by atoms with Gasteiger partial charge in [0.25, 0.3) is 11.5 Å². The Hall–Kier alpha value is -2.18. The van der Waals surface area contributed by atoms with Crippen molar-refractivity contribution in [3.8, 4) is 11.3 Å². The van der Waals surface area contributed by atoms with Crippen molar-refractivity contribution >= 4 is 17.5 Å². The molecule has 1 aliphatic rings. The SMILES string of the molecule is CCN(CC1CCCO1)C(=O)c1cccc(-c2nc(C)[nH]c(=O)c2Cl)c1. The molecule has 1 aliphatic heterocycles. The summed E-state index contributed by atoms with van der Waals surface area (Å²) in [7, 11) is 0. The lowest BCUT2D eigenvalue weighted by Crippen LogP contribution is -2.37. The number of carbonyl (C=O) groups excluding carboxylic acids is 1. The van der Waals surface area contributed by atoms with Gasteiger partial charge in [-0.25, -0.2) is 4.98 Å². The quantitative estimate of drug-likeness (QED) is 0.871. The molecule has 1 N–H and O–H groups in total. The molecule has 0 aliphatic carbocycles. The standard InChI is InChI=1S/C19H22ClN3O3/c1-3-23(11-15-8-5-9-26-15)19(25)14-7-4-6-13(10-14)17-16(20)18(24)22-12(2)21-17/h4,6-7,10,15H,3,5,8-9,11H2,1-2H3,(H,21,22,24). The van der Waals surface area contributed by atoms with E-state index in [1.807, 2.05) is 6.92 Å². The van der Waals surface area contributed by atoms with Gasteiger partial charge in [-0.3, -0.25) is 9.59 Å². The van der Waals surface area contributed by atoms with Crippen LogP contribution in [0, 0.1) is 6.92 Å². The Labute approximate surface area is 157 Å². The third-order valence-corrected chi connectivity index (χ3v) is 4.83. The number of nitrogens with one attached hydrogen (secondary N) is 1. The fourth-order valence-electron chi connectivity index (χ4n) is 3.13. The van der Waals surface area contributed by atoms with E-state index in [0.717, 1.165) is 19.4 Å². The monoisotopic (exact) mass is 375 g/mol. The van der Waals surface area contributed by atoms with Gasteiger partial charge >= 0.3 is 0 Å². The Balaban J connectivity index is 1.88. The van der Waals surface area contributed by atoms with Crippen LogP contribution >= 0.6 is 11.6 Å². The summed E-state index contributed by atoms with van der Waals surface area (Å²) in [6.07, 6.45) is 2.13. The molecule has 1 fully saturated rings. The van der Waals surface area contributed by atoms with Gasteiger partial charge in [0.2, 0.25) is 0 Å². The van der Waals surface area contributed by atoms with E-state index in [9.17, 15) is 9.59 Å². The van der Waals surface area contributed by atoms with E-state index < -0.39 is 0 Å². The highest BCUT2D eigenvalue weighted by molar-refractivity contribution is 6.32. The summed E-state index contributed by atoms with van der Waals surface area (Å²) in [5.74, 6) is 0.405. The van der Waals surface area contributed by atoms with Gasteiger partial charge < -0.3 is 14.6 Å². The smallest absolute Gasteiger partial charge is 0.270 e. The number of ether oxygens (including phenoxy) is 1. The maximum absolute atomic E-state index is 12.9. The fraction of sp³-hybridized carbons (Fsp3) is 0.421. The molecule has 2 heterocycles. The first-order valence-electron chi connectivity index (χ1n) is 8.77. The molecular weight excluding hydrogens is 354 g/mol. The molecule has 138 valence electrons. The maximum Gasteiger partial charge on any atom is 0.270 e. The van der Waals surface area contributed by atoms with Gasteiger partial charge in [-0.2, -0.15) is 0 Å². The zero-order valence-corrected chi connectivity index (χ0v) is 15.7. The number of likely N-dealkylation sites (N-methyl/N-ethyl adjacent to an activating group) is 1. The Bertz CT molecular complexity index is 859. The number of aryl methyl sites for hydroxylation is 1. The minimum Gasteiger partial charge on any atom is -0.376 e. The number of halogens is 1. The minimum atomic E-state index is -0.389. The minimum absolute atomic E-state index is 0.0203. The van der Waals surface area contributed by atoms with Crippen LogP contribution in [0.3, 0.4) is 0 Å². The molecule has 6 nitrogen and oxygen atoms in total. The molecule has 7 heteroatoms. The third-order valence-electron chi connectivity index (χ3n) is 4.48. The van der Waals surface area contributed by atoms with Crippen molar-refractivity contribution in [3.63, 3.8) is 0 Å². The summed E-state index contributed by atoms with van der Waals surface area (Å²) in [5.41, 5.74) is 1.17. The second-order valence-corrected chi connectivity index (χ2v) is 6.75. The topological polar surface area (TPSA) is 75.3 Å². The van der Waals surface area contributed by atoms with Crippen LogP contribution in [-0.2, 0) is 4.74 Å². The summed E-state index contributed by atoms with van der Waals surface area (Å²) in [6.45, 7) is 5.60. The molecule has 1 aromatic heterocycles. The van der Waals surface area contributed by atoms with Crippen molar-refractivity contribution in [3.05, 3.63) is 51.0 Å². The lowest BCUT2D eigenvalue weighted by atomic mass is 10.1. The largest absolute Gasteiger partial charge is 0.376 e. The zero-order chi connectivity index (χ0) is 18.7. The Morgan fingerprint density at radius 1 is 1.46 bits per heavy atom. The van der Waals surface area contributed by atoms with Gasteiger partial charge in [-0.1, -0.05) is 23.7 Å². The molecule has 1 amide bonds. The van der Waals surface area contributed by atoms with Crippen LogP contribution in [0.25, 0.3) is 11.3 Å². The lowest BCUT2D eigenvalue weighted by Gasteiger charge is -2.24. The van der Waals surface area contributed by atoms with E-state index in [-0.39, 0.29) is 22.6 Å². The highest BCUT2D eigenvalue weighted by Crippen LogP contribution is 2.24. The van der Waals surface area contributed by atoms with Gasteiger partial charge in [0.05, 0.1) is 11.8 Å².